The van der Waals surface area contributed by atoms with Crippen molar-refractivity contribution in [2.45, 2.75) is 45.1 Å². The Balaban J connectivity index is 1.82. The summed E-state index contributed by atoms with van der Waals surface area (Å²) in [7, 11) is 0. The Morgan fingerprint density at radius 2 is 2.32 bits per heavy atom. The van der Waals surface area contributed by atoms with Gasteiger partial charge in [-0.15, -0.1) is 0 Å². The molecule has 0 radical (unpaired) electrons. The summed E-state index contributed by atoms with van der Waals surface area (Å²) in [5, 5.41) is 8.90. The Kier molecular flexibility index (Phi) is 3.37. The summed E-state index contributed by atoms with van der Waals surface area (Å²) in [6.07, 6.45) is 7.37. The second-order valence-electron chi connectivity index (χ2n) is 4.94. The number of nitriles is 1. The van der Waals surface area contributed by atoms with Crippen LogP contribution in [0.25, 0.3) is 0 Å². The van der Waals surface area contributed by atoms with E-state index in [9.17, 15) is 0 Å². The van der Waals surface area contributed by atoms with Gasteiger partial charge in [-0.2, -0.15) is 5.26 Å². The molecule has 0 spiro atoms. The lowest BCUT2D eigenvalue weighted by atomic mass is 10.1. The molecule has 0 atom stereocenters. The van der Waals surface area contributed by atoms with Crippen molar-refractivity contribution >= 4 is 0 Å². The van der Waals surface area contributed by atoms with E-state index in [1.165, 1.54) is 18.5 Å². The first-order valence-corrected chi connectivity index (χ1v) is 6.85. The van der Waals surface area contributed by atoms with Gasteiger partial charge in [0, 0.05) is 25.1 Å². The van der Waals surface area contributed by atoms with Gasteiger partial charge in [0.15, 0.2) is 0 Å². The van der Waals surface area contributed by atoms with Gasteiger partial charge in [0.25, 0.3) is 0 Å². The molecule has 1 aliphatic rings. The fraction of sp³-hybridized carbons (Fsp3) is 0.467. The molecule has 0 aromatic carbocycles. The van der Waals surface area contributed by atoms with E-state index in [4.69, 9.17) is 9.68 Å². The highest BCUT2D eigenvalue weighted by Gasteiger charge is 2.19. The molecule has 0 saturated heterocycles. The number of rotatable bonds is 4. The molecule has 0 fully saturated rings. The summed E-state index contributed by atoms with van der Waals surface area (Å²) >= 11 is 0. The number of aryl methyl sites for hydroxylation is 2. The first-order chi connectivity index (χ1) is 9.38. The third-order valence-electron chi connectivity index (χ3n) is 3.70. The molecule has 0 bridgehead atoms. The van der Waals surface area contributed by atoms with E-state index in [-0.39, 0.29) is 0 Å². The first-order valence-electron chi connectivity index (χ1n) is 6.85. The van der Waals surface area contributed by atoms with E-state index >= 15 is 0 Å². The van der Waals surface area contributed by atoms with Gasteiger partial charge in [0.05, 0.1) is 24.4 Å². The second kappa shape index (κ2) is 5.31. The van der Waals surface area contributed by atoms with Crippen LogP contribution in [0.1, 0.15) is 35.8 Å². The van der Waals surface area contributed by atoms with Gasteiger partial charge in [0.1, 0.15) is 11.6 Å². The van der Waals surface area contributed by atoms with Gasteiger partial charge in [-0.05, 0) is 31.4 Å². The minimum atomic E-state index is 0.427. The molecule has 0 aliphatic carbocycles. The maximum Gasteiger partial charge on any atom is 0.109 e. The predicted octanol–water partition coefficient (Wildman–Crippen LogP) is 2.66. The predicted molar refractivity (Wildman–Crippen MR) is 70.6 cm³/mol. The Hall–Kier alpha value is -2.02. The van der Waals surface area contributed by atoms with Gasteiger partial charge >= 0.3 is 0 Å². The van der Waals surface area contributed by atoms with Crippen LogP contribution in [0.15, 0.2) is 22.8 Å². The van der Waals surface area contributed by atoms with Crippen molar-refractivity contribution in [3.63, 3.8) is 0 Å². The van der Waals surface area contributed by atoms with Gasteiger partial charge in [-0.3, -0.25) is 0 Å². The smallest absolute Gasteiger partial charge is 0.109 e. The Labute approximate surface area is 112 Å². The summed E-state index contributed by atoms with van der Waals surface area (Å²) in [5.74, 6) is 2.10. The Morgan fingerprint density at radius 3 is 3.11 bits per heavy atom. The maximum atomic E-state index is 8.90. The monoisotopic (exact) mass is 255 g/mol. The molecule has 4 heteroatoms. The zero-order valence-electron chi connectivity index (χ0n) is 10.9. The third kappa shape index (κ3) is 2.41. The minimum absolute atomic E-state index is 0.427. The van der Waals surface area contributed by atoms with Crippen LogP contribution >= 0.6 is 0 Å². The summed E-state index contributed by atoms with van der Waals surface area (Å²) in [5.41, 5.74) is 2.26. The normalized spacial score (nSPS) is 14.1. The van der Waals surface area contributed by atoms with Crippen molar-refractivity contribution in [2.75, 3.05) is 0 Å². The molecule has 3 heterocycles. The lowest BCUT2D eigenvalue weighted by molar-refractivity contribution is 0.489. The molecule has 3 rings (SSSR count). The average molecular weight is 255 g/mol. The van der Waals surface area contributed by atoms with Gasteiger partial charge in [-0.1, -0.05) is 0 Å². The fourth-order valence-electron chi connectivity index (χ4n) is 2.80. The average Bonchev–Trinajstić information content (AvgIpc) is 3.06. The molecule has 19 heavy (non-hydrogen) atoms. The zero-order valence-corrected chi connectivity index (χ0v) is 10.9. The van der Waals surface area contributed by atoms with E-state index in [0.717, 1.165) is 43.1 Å². The lowest BCUT2D eigenvalue weighted by Gasteiger charge is -2.17. The standard InChI is InChI=1S/C15H17N3O/c16-9-8-13-14-5-1-2-10-18(14)15(17-13)7-6-12-4-3-11-19-12/h3-4,11H,1-2,5-8,10H2. The number of aromatic nitrogens is 2. The van der Waals surface area contributed by atoms with Crippen molar-refractivity contribution in [2.24, 2.45) is 0 Å². The minimum Gasteiger partial charge on any atom is -0.469 e. The van der Waals surface area contributed by atoms with Crippen LogP contribution in [0.3, 0.4) is 0 Å². The highest BCUT2D eigenvalue weighted by atomic mass is 16.3. The maximum absolute atomic E-state index is 8.90. The van der Waals surface area contributed by atoms with Crippen LogP contribution in [0.5, 0.6) is 0 Å². The number of fused-ring (bicyclic) bond motifs is 1. The second-order valence-corrected chi connectivity index (χ2v) is 4.94. The van der Waals surface area contributed by atoms with Crippen LogP contribution in [0, 0.1) is 11.3 Å². The topological polar surface area (TPSA) is 54.8 Å². The zero-order chi connectivity index (χ0) is 13.1. The molecule has 0 amide bonds. The van der Waals surface area contributed by atoms with Crippen LogP contribution in [-0.2, 0) is 32.2 Å². The number of nitrogens with zero attached hydrogens (tertiary/aromatic N) is 3. The molecule has 4 nitrogen and oxygen atoms in total. The molecule has 1 aliphatic heterocycles. The Morgan fingerprint density at radius 1 is 1.37 bits per heavy atom. The van der Waals surface area contributed by atoms with Crippen LogP contribution < -0.4 is 0 Å². The molecule has 0 saturated carbocycles. The summed E-state index contributed by atoms with van der Waals surface area (Å²) in [6, 6.07) is 6.13. The van der Waals surface area contributed by atoms with E-state index in [2.05, 4.69) is 15.6 Å². The third-order valence-corrected chi connectivity index (χ3v) is 3.70. The van der Waals surface area contributed by atoms with E-state index < -0.39 is 0 Å². The molecular weight excluding hydrogens is 238 g/mol. The highest BCUT2D eigenvalue weighted by Crippen LogP contribution is 2.22. The van der Waals surface area contributed by atoms with Crippen LogP contribution in [0.4, 0.5) is 0 Å². The lowest BCUT2D eigenvalue weighted by Crippen LogP contribution is -2.13. The molecular formula is C15H17N3O. The number of hydrogen-bond donors (Lipinski definition) is 0. The van der Waals surface area contributed by atoms with E-state index in [0.29, 0.717) is 6.42 Å². The highest BCUT2D eigenvalue weighted by molar-refractivity contribution is 5.22. The Bertz CT molecular complexity index is 590. The van der Waals surface area contributed by atoms with E-state index in [1.807, 2.05) is 12.1 Å². The SMILES string of the molecule is N#CCc1nc(CCc2ccco2)n2c1CCCC2. The van der Waals surface area contributed by atoms with Gasteiger partial charge in [-0.25, -0.2) is 4.98 Å². The molecule has 98 valence electrons. The van der Waals surface area contributed by atoms with Crippen molar-refractivity contribution in [1.29, 1.82) is 5.26 Å². The van der Waals surface area contributed by atoms with Gasteiger partial charge < -0.3 is 8.98 Å². The molecule has 0 unspecified atom stereocenters. The number of imidazole rings is 1. The fourth-order valence-corrected chi connectivity index (χ4v) is 2.80. The first kappa shape index (κ1) is 12.0. The van der Waals surface area contributed by atoms with E-state index in [1.54, 1.807) is 6.26 Å². The van der Waals surface area contributed by atoms with Crippen molar-refractivity contribution in [3.8, 4) is 6.07 Å². The molecule has 2 aromatic heterocycles. The van der Waals surface area contributed by atoms with Crippen molar-refractivity contribution in [3.05, 3.63) is 41.4 Å². The van der Waals surface area contributed by atoms with Crippen LogP contribution in [-0.4, -0.2) is 9.55 Å². The molecule has 2 aromatic rings. The summed E-state index contributed by atoms with van der Waals surface area (Å²) < 4.78 is 7.68. The van der Waals surface area contributed by atoms with Gasteiger partial charge in [0.2, 0.25) is 0 Å². The quantitative estimate of drug-likeness (QED) is 0.844. The summed E-state index contributed by atoms with van der Waals surface area (Å²) in [6.45, 7) is 1.04. The number of hydrogen-bond acceptors (Lipinski definition) is 3. The summed E-state index contributed by atoms with van der Waals surface area (Å²) in [4.78, 5) is 4.68. The van der Waals surface area contributed by atoms with Crippen molar-refractivity contribution in [1.82, 2.24) is 9.55 Å². The number of furan rings is 1. The largest absolute Gasteiger partial charge is 0.469 e. The van der Waals surface area contributed by atoms with Crippen molar-refractivity contribution < 1.29 is 4.42 Å². The molecule has 0 N–H and O–H groups in total. The van der Waals surface area contributed by atoms with Crippen LogP contribution in [0.2, 0.25) is 0 Å².